The lowest BCUT2D eigenvalue weighted by Gasteiger charge is -2.26. The number of nitrogens with two attached hydrogens (primary N) is 1. The Bertz CT molecular complexity index is 915. The Morgan fingerprint density at radius 3 is 2.14 bits per heavy atom. The Morgan fingerprint density at radius 1 is 1.06 bits per heavy atom. The summed E-state index contributed by atoms with van der Waals surface area (Å²) >= 11 is 0. The van der Waals surface area contributed by atoms with Crippen LogP contribution in [0.15, 0.2) is 18.2 Å². The summed E-state index contributed by atoms with van der Waals surface area (Å²) in [4.78, 5) is 11.1. The van der Waals surface area contributed by atoms with Crippen LogP contribution in [0.3, 0.4) is 0 Å². The average molecular weight is 549 g/mol. The summed E-state index contributed by atoms with van der Waals surface area (Å²) in [6.45, 7) is 14.2. The highest BCUT2D eigenvalue weighted by Gasteiger charge is 2.24. The summed E-state index contributed by atoms with van der Waals surface area (Å²) in [6, 6.07) is 6.66. The van der Waals surface area contributed by atoms with E-state index in [-0.39, 0.29) is 32.1 Å². The van der Waals surface area contributed by atoms with Gasteiger partial charge in [0, 0.05) is 35.8 Å². The molecule has 9 nitrogen and oxygen atoms in total. The molecule has 0 aliphatic carbocycles. The molecule has 0 saturated carbocycles. The van der Waals surface area contributed by atoms with E-state index in [1.807, 2.05) is 0 Å². The molecular weight excluding hydrogens is 504 g/mol. The molecule has 0 aliphatic rings. The number of aliphatic hydroxyl groups is 1. The van der Waals surface area contributed by atoms with Gasteiger partial charge >= 0.3 is 0 Å². The Labute approximate surface area is 213 Å². The standard InChI is InChI=1S/C23H44N2O7SSi2/c1-33(28,29)25(17-30-12-14-34(2,3)4)20-16-19(21(26)9-11-23(24)27)8-10-22(20)32-18-31-13-15-35(5,6)7/h8,10,16,21,26H,9,11-15,17-18H2,1-7H3,(H2,24,27)/t21-/m1/s1. The number of hydrogen-bond donors (Lipinski definition) is 2. The number of carbonyl (C=O) groups excluding carboxylic acids is 1. The molecule has 3 N–H and O–H groups in total. The van der Waals surface area contributed by atoms with Gasteiger partial charge in [-0.15, -0.1) is 0 Å². The van der Waals surface area contributed by atoms with Crippen molar-refractivity contribution in [1.29, 1.82) is 0 Å². The molecule has 1 atom stereocenters. The van der Waals surface area contributed by atoms with Crippen molar-refractivity contribution in [2.45, 2.75) is 70.3 Å². The van der Waals surface area contributed by atoms with Gasteiger partial charge in [0.05, 0.1) is 18.0 Å². The zero-order valence-electron chi connectivity index (χ0n) is 22.3. The summed E-state index contributed by atoms with van der Waals surface area (Å²) in [6.07, 6.45) is 0.243. The van der Waals surface area contributed by atoms with Crippen LogP contribution >= 0.6 is 0 Å². The molecule has 1 amide bonds. The Hall–Kier alpha value is -1.45. The van der Waals surface area contributed by atoms with Crippen LogP contribution in [-0.4, -0.2) is 68.6 Å². The summed E-state index contributed by atoms with van der Waals surface area (Å²) in [5, 5.41) is 10.5. The Morgan fingerprint density at radius 2 is 1.63 bits per heavy atom. The lowest BCUT2D eigenvalue weighted by molar-refractivity contribution is -0.118. The number of rotatable bonds is 17. The van der Waals surface area contributed by atoms with Gasteiger partial charge in [0.15, 0.2) is 6.79 Å². The monoisotopic (exact) mass is 548 g/mol. The molecule has 0 saturated heterocycles. The molecule has 0 bridgehead atoms. The molecule has 1 aromatic rings. The maximum Gasteiger partial charge on any atom is 0.234 e. The summed E-state index contributed by atoms with van der Waals surface area (Å²) < 4.78 is 43.7. The van der Waals surface area contributed by atoms with Crippen molar-refractivity contribution in [1.82, 2.24) is 0 Å². The van der Waals surface area contributed by atoms with Crippen LogP contribution in [0.1, 0.15) is 24.5 Å². The first-order chi connectivity index (χ1) is 16.0. The van der Waals surface area contributed by atoms with Crippen molar-refractivity contribution >= 4 is 37.8 Å². The van der Waals surface area contributed by atoms with Gasteiger partial charge in [-0.05, 0) is 36.2 Å². The average Bonchev–Trinajstić information content (AvgIpc) is 2.69. The van der Waals surface area contributed by atoms with E-state index in [1.54, 1.807) is 18.2 Å². The van der Waals surface area contributed by atoms with Crippen molar-refractivity contribution < 1.29 is 32.5 Å². The van der Waals surface area contributed by atoms with Crippen molar-refractivity contribution in [3.63, 3.8) is 0 Å². The van der Waals surface area contributed by atoms with E-state index in [0.717, 1.165) is 22.6 Å². The molecule has 12 heteroatoms. The molecule has 0 heterocycles. The maximum absolute atomic E-state index is 12.7. The third-order valence-electron chi connectivity index (χ3n) is 5.20. The van der Waals surface area contributed by atoms with Gasteiger partial charge in [-0.25, -0.2) is 12.7 Å². The Kier molecular flexibility index (Phi) is 12.4. The minimum atomic E-state index is -3.73. The van der Waals surface area contributed by atoms with E-state index in [2.05, 4.69) is 39.3 Å². The molecule has 0 aliphatic heterocycles. The molecule has 0 aromatic heterocycles. The van der Waals surface area contributed by atoms with Crippen molar-refractivity contribution in [3.8, 4) is 5.75 Å². The quantitative estimate of drug-likeness (QED) is 0.172. The van der Waals surface area contributed by atoms with Gasteiger partial charge in [-0.1, -0.05) is 45.3 Å². The number of benzene rings is 1. The highest BCUT2D eigenvalue weighted by molar-refractivity contribution is 7.92. The molecular formula is C23H44N2O7SSi2. The fourth-order valence-corrected chi connectivity index (χ4v) is 5.20. The zero-order valence-corrected chi connectivity index (χ0v) is 25.1. The van der Waals surface area contributed by atoms with Gasteiger partial charge < -0.3 is 25.1 Å². The second-order valence-corrected chi connectivity index (χ2v) is 24.3. The Balaban J connectivity index is 3.14. The summed E-state index contributed by atoms with van der Waals surface area (Å²) in [5.41, 5.74) is 5.89. The number of sulfonamides is 1. The number of nitrogens with zero attached hydrogens (tertiary/aromatic N) is 1. The van der Waals surface area contributed by atoms with Crippen molar-refractivity contribution in [3.05, 3.63) is 23.8 Å². The van der Waals surface area contributed by atoms with Crippen molar-refractivity contribution in [2.75, 3.05) is 37.3 Å². The number of anilines is 1. The SMILES string of the molecule is C[Si](C)(C)CCOCOc1ccc([C@H](O)CCC(N)=O)cc1N(COCC[Si](C)(C)C)S(C)(=O)=O. The number of carbonyl (C=O) groups is 1. The van der Waals surface area contributed by atoms with Gasteiger partial charge in [0.1, 0.15) is 12.5 Å². The highest BCUT2D eigenvalue weighted by atomic mass is 32.2. The molecule has 0 spiro atoms. The van der Waals surface area contributed by atoms with E-state index in [9.17, 15) is 18.3 Å². The van der Waals surface area contributed by atoms with Gasteiger partial charge in [0.2, 0.25) is 15.9 Å². The van der Waals surface area contributed by atoms with E-state index >= 15 is 0 Å². The summed E-state index contributed by atoms with van der Waals surface area (Å²) in [5.74, 6) is -0.226. The van der Waals surface area contributed by atoms with Crippen molar-refractivity contribution in [2.24, 2.45) is 5.73 Å². The first-order valence-electron chi connectivity index (χ1n) is 11.9. The maximum atomic E-state index is 12.7. The molecule has 0 unspecified atom stereocenters. The van der Waals surface area contributed by atoms with Gasteiger partial charge in [-0.3, -0.25) is 4.79 Å². The number of aliphatic hydroxyl groups excluding tert-OH is 1. The normalized spacial score (nSPS) is 13.5. The van der Waals surface area contributed by atoms with E-state index in [0.29, 0.717) is 24.5 Å². The van der Waals surface area contributed by atoms with Crippen LogP contribution in [0.5, 0.6) is 5.75 Å². The van der Waals surface area contributed by atoms with Gasteiger partial charge in [0.25, 0.3) is 0 Å². The van der Waals surface area contributed by atoms with Crippen LogP contribution in [-0.2, 0) is 24.3 Å². The molecule has 1 rings (SSSR count). The molecule has 0 radical (unpaired) electrons. The summed E-state index contributed by atoms with van der Waals surface area (Å²) in [7, 11) is -6.33. The predicted molar refractivity (Wildman–Crippen MR) is 146 cm³/mol. The lowest BCUT2D eigenvalue weighted by atomic mass is 10.0. The number of amides is 1. The number of ether oxygens (including phenoxy) is 3. The zero-order chi connectivity index (χ0) is 26.9. The minimum Gasteiger partial charge on any atom is -0.465 e. The largest absolute Gasteiger partial charge is 0.465 e. The van der Waals surface area contributed by atoms with Crippen LogP contribution in [0.4, 0.5) is 5.69 Å². The van der Waals surface area contributed by atoms with Crippen LogP contribution in [0.2, 0.25) is 51.4 Å². The van der Waals surface area contributed by atoms with E-state index in [4.69, 9.17) is 19.9 Å². The third kappa shape index (κ3) is 13.4. The smallest absolute Gasteiger partial charge is 0.234 e. The molecule has 202 valence electrons. The third-order valence-corrected chi connectivity index (χ3v) is 9.71. The lowest BCUT2D eigenvalue weighted by Crippen LogP contribution is -2.34. The molecule has 1 aromatic carbocycles. The van der Waals surface area contributed by atoms with Crippen LogP contribution < -0.4 is 14.8 Å². The van der Waals surface area contributed by atoms with E-state index in [1.165, 1.54) is 0 Å². The topological polar surface area (TPSA) is 128 Å². The second-order valence-electron chi connectivity index (χ2n) is 11.2. The molecule has 35 heavy (non-hydrogen) atoms. The van der Waals surface area contributed by atoms with Crippen LogP contribution in [0, 0.1) is 0 Å². The predicted octanol–water partition coefficient (Wildman–Crippen LogP) is 3.75. The van der Waals surface area contributed by atoms with Gasteiger partial charge in [-0.2, -0.15) is 0 Å². The van der Waals surface area contributed by atoms with E-state index < -0.39 is 38.2 Å². The minimum absolute atomic E-state index is 0.00920. The number of hydrogen-bond acceptors (Lipinski definition) is 7. The molecule has 0 fully saturated rings. The first kappa shape index (κ1) is 31.6. The fourth-order valence-electron chi connectivity index (χ4n) is 2.92. The first-order valence-corrected chi connectivity index (χ1v) is 21.1. The van der Waals surface area contributed by atoms with Crippen LogP contribution in [0.25, 0.3) is 0 Å². The highest BCUT2D eigenvalue weighted by Crippen LogP contribution is 2.34. The number of primary amides is 1. The second kappa shape index (κ2) is 13.7. The fraction of sp³-hybridized carbons (Fsp3) is 0.696.